The van der Waals surface area contributed by atoms with Crippen LogP contribution < -0.4 is 0 Å². The van der Waals surface area contributed by atoms with Crippen LogP contribution in [-0.4, -0.2) is 29.3 Å². The van der Waals surface area contributed by atoms with Gasteiger partial charge >= 0.3 is 0 Å². The maximum absolute atomic E-state index is 6.85. The van der Waals surface area contributed by atoms with Gasteiger partial charge in [0.15, 0.2) is 18.1 Å². The van der Waals surface area contributed by atoms with Crippen molar-refractivity contribution in [2.75, 3.05) is 0 Å². The van der Waals surface area contributed by atoms with Crippen LogP contribution in [0.5, 0.6) is 0 Å². The summed E-state index contributed by atoms with van der Waals surface area (Å²) in [4.78, 5) is 0. The molecular weight excluding hydrogens is 392 g/mol. The normalized spacial score (nSPS) is 15.0. The second-order valence-electron chi connectivity index (χ2n) is 9.26. The molecule has 2 rings (SSSR count). The minimum Gasteiger partial charge on any atom is -0.411 e. The molecule has 2 atom stereocenters. The minimum atomic E-state index is -1.28. The van der Waals surface area contributed by atoms with E-state index in [9.17, 15) is 0 Å². The highest BCUT2D eigenvalue weighted by Gasteiger charge is 2.42. The topological polar surface area (TPSA) is 27.7 Å². The Kier molecular flexibility index (Phi) is 8.43. The van der Waals surface area contributed by atoms with E-state index in [0.717, 1.165) is 11.1 Å². The fourth-order valence-electron chi connectivity index (χ4n) is 3.87. The first-order valence-corrected chi connectivity index (χ1v) is 16.2. The summed E-state index contributed by atoms with van der Waals surface area (Å²) in [5, 5.41) is 0. The van der Waals surface area contributed by atoms with Crippen LogP contribution in [0.2, 0.25) is 26.2 Å². The fraction of sp³-hybridized carbons (Fsp3) is 0.500. The Morgan fingerprint density at radius 1 is 0.586 bits per heavy atom. The highest BCUT2D eigenvalue weighted by atomic mass is 28.3. The largest absolute Gasteiger partial charge is 0.411 e. The molecule has 5 heteroatoms. The summed E-state index contributed by atoms with van der Waals surface area (Å²) in [7, 11) is -2.56. The van der Waals surface area contributed by atoms with Crippen molar-refractivity contribution < 1.29 is 13.6 Å². The Bertz CT molecular complexity index is 667. The Morgan fingerprint density at radius 3 is 1.17 bits per heavy atom. The van der Waals surface area contributed by atoms with E-state index in [1.165, 1.54) is 0 Å². The Balaban J connectivity index is 2.36. The van der Waals surface area contributed by atoms with E-state index >= 15 is 0 Å². The lowest BCUT2D eigenvalue weighted by molar-refractivity contribution is -0.200. The number of hydrogen-bond acceptors (Lipinski definition) is 3. The number of hydrogen-bond donors (Lipinski definition) is 0. The maximum atomic E-state index is 6.85. The lowest BCUT2D eigenvalue weighted by Gasteiger charge is -2.45. The first-order chi connectivity index (χ1) is 13.5. The first kappa shape index (κ1) is 24.0. The van der Waals surface area contributed by atoms with Crippen LogP contribution in [-0.2, 0) is 13.6 Å². The van der Waals surface area contributed by atoms with Gasteiger partial charge in [0.05, 0.1) is 23.4 Å². The van der Waals surface area contributed by atoms with Crippen molar-refractivity contribution >= 4 is 18.1 Å². The maximum Gasteiger partial charge on any atom is 0.171 e. The summed E-state index contributed by atoms with van der Waals surface area (Å²) >= 11 is 0. The molecule has 2 aromatic carbocycles. The van der Waals surface area contributed by atoms with Gasteiger partial charge in [0.25, 0.3) is 0 Å². The van der Waals surface area contributed by atoms with E-state index < -0.39 is 29.3 Å². The second kappa shape index (κ2) is 10.2. The predicted octanol–water partition coefficient (Wildman–Crippen LogP) is 6.04. The predicted molar refractivity (Wildman–Crippen MR) is 128 cm³/mol. The summed E-state index contributed by atoms with van der Waals surface area (Å²) in [6, 6.07) is 20.9. The summed E-state index contributed by atoms with van der Waals surface area (Å²) in [6.45, 7) is 17.4. The summed E-state index contributed by atoms with van der Waals surface area (Å²) in [5.41, 5.74) is 1.28. The summed E-state index contributed by atoms with van der Waals surface area (Å²) in [6.07, 6.45) is -0.246. The lowest BCUT2D eigenvalue weighted by atomic mass is 9.90. The average Bonchev–Trinajstić information content (AvgIpc) is 2.64. The molecule has 160 valence electrons. The van der Waals surface area contributed by atoms with Gasteiger partial charge in [-0.25, -0.2) is 0 Å². The van der Waals surface area contributed by atoms with Crippen molar-refractivity contribution in [1.29, 1.82) is 0 Å². The SMILES string of the molecule is C[SiH](C)OC(c1ccccc1)C(C)(C)OC(C)(C)C(O[SiH](C)C)c1ccccc1. The molecule has 3 nitrogen and oxygen atoms in total. The molecular formula is C24H38O3Si2. The molecule has 0 aromatic heterocycles. The van der Waals surface area contributed by atoms with E-state index in [4.69, 9.17) is 13.6 Å². The molecule has 0 fully saturated rings. The smallest absolute Gasteiger partial charge is 0.171 e. The zero-order valence-corrected chi connectivity index (χ0v) is 21.6. The molecule has 0 saturated carbocycles. The molecule has 0 heterocycles. The van der Waals surface area contributed by atoms with Crippen LogP contribution >= 0.6 is 0 Å². The molecule has 0 bridgehead atoms. The quantitative estimate of drug-likeness (QED) is 0.430. The van der Waals surface area contributed by atoms with Crippen molar-refractivity contribution in [3.8, 4) is 0 Å². The number of ether oxygens (including phenoxy) is 1. The van der Waals surface area contributed by atoms with Crippen molar-refractivity contribution in [1.82, 2.24) is 0 Å². The molecule has 29 heavy (non-hydrogen) atoms. The third kappa shape index (κ3) is 6.90. The van der Waals surface area contributed by atoms with E-state index in [1.54, 1.807) is 0 Å². The van der Waals surface area contributed by atoms with Crippen molar-refractivity contribution in [2.45, 2.75) is 77.3 Å². The molecule has 0 aliphatic heterocycles. The van der Waals surface area contributed by atoms with Crippen molar-refractivity contribution in [3.63, 3.8) is 0 Å². The van der Waals surface area contributed by atoms with Gasteiger partial charge in [-0.3, -0.25) is 0 Å². The van der Waals surface area contributed by atoms with E-state index in [-0.39, 0.29) is 12.2 Å². The number of benzene rings is 2. The Hall–Kier alpha value is -1.25. The molecule has 0 saturated heterocycles. The van der Waals surface area contributed by atoms with E-state index in [2.05, 4.69) is 102 Å². The van der Waals surface area contributed by atoms with Gasteiger partial charge in [-0.15, -0.1) is 0 Å². The van der Waals surface area contributed by atoms with Crippen LogP contribution in [0.3, 0.4) is 0 Å². The van der Waals surface area contributed by atoms with E-state index in [0.29, 0.717) is 0 Å². The Morgan fingerprint density at radius 2 is 0.897 bits per heavy atom. The second-order valence-corrected chi connectivity index (χ2v) is 14.0. The third-order valence-corrected chi connectivity index (χ3v) is 6.44. The van der Waals surface area contributed by atoms with Gasteiger partial charge in [-0.2, -0.15) is 0 Å². The molecule has 0 aliphatic carbocycles. The molecule has 2 aromatic rings. The molecule has 2 unspecified atom stereocenters. The standard InChI is InChI=1S/C24H38O3Si2/c1-23(2,21(25-28(5)6)19-15-11-9-12-16-19)27-24(3,4)22(26-29(7)8)20-17-13-10-14-18-20/h9-18,21-22,28-29H,1-8H3. The molecule has 0 aliphatic rings. The average molecular weight is 431 g/mol. The molecule has 0 spiro atoms. The van der Waals surface area contributed by atoms with Gasteiger partial charge < -0.3 is 13.6 Å². The summed E-state index contributed by atoms with van der Waals surface area (Å²) < 4.78 is 19.8. The highest BCUT2D eigenvalue weighted by molar-refractivity contribution is 6.48. The van der Waals surface area contributed by atoms with Crippen molar-refractivity contribution in [3.05, 3.63) is 71.8 Å². The Labute approximate surface area is 180 Å². The van der Waals surface area contributed by atoms with Crippen LogP contribution in [0, 0.1) is 0 Å². The molecule has 0 radical (unpaired) electrons. The zero-order valence-electron chi connectivity index (χ0n) is 19.3. The van der Waals surface area contributed by atoms with Crippen LogP contribution in [0.15, 0.2) is 60.7 Å². The first-order valence-electron chi connectivity index (χ1n) is 10.6. The minimum absolute atomic E-state index is 0.123. The van der Waals surface area contributed by atoms with Gasteiger partial charge in [0, 0.05) is 0 Å². The molecule has 0 amide bonds. The lowest BCUT2D eigenvalue weighted by Crippen LogP contribution is -2.47. The molecule has 0 N–H and O–H groups in total. The monoisotopic (exact) mass is 430 g/mol. The van der Waals surface area contributed by atoms with Gasteiger partial charge in [0.1, 0.15) is 0 Å². The van der Waals surface area contributed by atoms with E-state index in [1.807, 2.05) is 12.1 Å². The van der Waals surface area contributed by atoms with Crippen molar-refractivity contribution in [2.24, 2.45) is 0 Å². The highest BCUT2D eigenvalue weighted by Crippen LogP contribution is 2.41. The van der Waals surface area contributed by atoms with Crippen LogP contribution in [0.1, 0.15) is 51.0 Å². The summed E-state index contributed by atoms with van der Waals surface area (Å²) in [5.74, 6) is 0. The number of rotatable bonds is 10. The van der Waals surface area contributed by atoms with Crippen LogP contribution in [0.25, 0.3) is 0 Å². The van der Waals surface area contributed by atoms with Gasteiger partial charge in [0.2, 0.25) is 0 Å². The van der Waals surface area contributed by atoms with Gasteiger partial charge in [-0.05, 0) is 65.0 Å². The fourth-order valence-corrected chi connectivity index (χ4v) is 5.93. The van der Waals surface area contributed by atoms with Gasteiger partial charge in [-0.1, -0.05) is 60.7 Å². The van der Waals surface area contributed by atoms with Crippen LogP contribution in [0.4, 0.5) is 0 Å². The third-order valence-electron chi connectivity index (χ3n) is 4.81. The zero-order chi connectivity index (χ0) is 21.7.